The van der Waals surface area contributed by atoms with Crippen molar-refractivity contribution in [3.8, 4) is 0 Å². The molecule has 0 unspecified atom stereocenters. The van der Waals surface area contributed by atoms with Crippen LogP contribution in [-0.2, 0) is 4.79 Å². The second kappa shape index (κ2) is 3.56. The van der Waals surface area contributed by atoms with Gasteiger partial charge in [0.1, 0.15) is 0 Å². The Kier molecular flexibility index (Phi) is 2.69. The average Bonchev–Trinajstić information content (AvgIpc) is 1.77. The van der Waals surface area contributed by atoms with Crippen molar-refractivity contribution in [2.45, 2.75) is 39.2 Å². The number of rotatable bonds is 2. The van der Waals surface area contributed by atoms with Gasteiger partial charge in [-0.3, -0.25) is 4.79 Å². The highest BCUT2D eigenvalue weighted by Gasteiger charge is 2.09. The summed E-state index contributed by atoms with van der Waals surface area (Å²) < 4.78 is 0. The first-order valence-corrected chi connectivity index (χ1v) is 4.18. The minimum atomic E-state index is 0.0645. The summed E-state index contributed by atoms with van der Waals surface area (Å²) in [6, 6.07) is 0.249. The molecule has 1 aliphatic carbocycles. The Labute approximate surface area is 67.7 Å². The Morgan fingerprint density at radius 2 is 2.18 bits per heavy atom. The van der Waals surface area contributed by atoms with Gasteiger partial charge in [-0.15, -0.1) is 0 Å². The summed E-state index contributed by atoms with van der Waals surface area (Å²) in [4.78, 5) is 11.1. The fraction of sp³-hybridized carbons (Fsp3) is 0.667. The Morgan fingerprint density at radius 3 is 2.55 bits per heavy atom. The summed E-state index contributed by atoms with van der Waals surface area (Å²) in [5, 5.41) is 2.83. The second-order valence-corrected chi connectivity index (χ2v) is 3.32. The highest BCUT2D eigenvalue weighted by molar-refractivity contribution is 5.88. The monoisotopic (exact) mass is 153 g/mol. The first-order valence-electron chi connectivity index (χ1n) is 4.18. The Bertz CT molecular complexity index is 176. The van der Waals surface area contributed by atoms with Crippen LogP contribution in [0.5, 0.6) is 0 Å². The normalized spacial score (nSPS) is 16.1. The van der Waals surface area contributed by atoms with E-state index in [2.05, 4.69) is 5.32 Å². The van der Waals surface area contributed by atoms with E-state index in [0.29, 0.717) is 0 Å². The van der Waals surface area contributed by atoms with E-state index in [1.807, 2.05) is 13.8 Å². The molecule has 0 atom stereocenters. The summed E-state index contributed by atoms with van der Waals surface area (Å²) in [5.41, 5.74) is 1.29. The number of allylic oxidation sites excluding steroid dienone is 1. The number of carbonyl (C=O) groups excluding carboxylic acids is 1. The zero-order valence-corrected chi connectivity index (χ0v) is 7.18. The lowest BCUT2D eigenvalue weighted by Gasteiger charge is -2.15. The molecule has 1 rings (SSSR count). The number of hydrogen-bond acceptors (Lipinski definition) is 1. The molecule has 0 aliphatic heterocycles. The third-order valence-electron chi connectivity index (χ3n) is 1.76. The van der Waals surface area contributed by atoms with E-state index in [0.717, 1.165) is 12.8 Å². The van der Waals surface area contributed by atoms with Gasteiger partial charge in [0.2, 0.25) is 5.91 Å². The number of hydrogen-bond donors (Lipinski definition) is 1. The Balaban J connectivity index is 2.30. The minimum absolute atomic E-state index is 0.0645. The van der Waals surface area contributed by atoms with Crippen molar-refractivity contribution >= 4 is 5.91 Å². The van der Waals surface area contributed by atoms with Gasteiger partial charge in [-0.2, -0.15) is 0 Å². The molecule has 0 aromatic rings. The van der Waals surface area contributed by atoms with E-state index in [-0.39, 0.29) is 11.9 Å². The third-order valence-corrected chi connectivity index (χ3v) is 1.76. The molecule has 0 bridgehead atoms. The molecule has 2 heteroatoms. The van der Waals surface area contributed by atoms with E-state index in [1.54, 1.807) is 6.08 Å². The second-order valence-electron chi connectivity index (χ2n) is 3.32. The van der Waals surface area contributed by atoms with Gasteiger partial charge < -0.3 is 5.32 Å². The molecule has 1 saturated carbocycles. The smallest absolute Gasteiger partial charge is 0.244 e. The molecule has 0 heterocycles. The molecule has 11 heavy (non-hydrogen) atoms. The zero-order chi connectivity index (χ0) is 8.27. The molecule has 0 aromatic heterocycles. The standard InChI is InChI=1S/C9H15NO/c1-7(2)10-9(11)6-8-4-3-5-8/h6-7H,3-5H2,1-2H3,(H,10,11). The largest absolute Gasteiger partial charge is 0.350 e. The van der Waals surface area contributed by atoms with Gasteiger partial charge in [0.15, 0.2) is 0 Å². The van der Waals surface area contributed by atoms with Crippen LogP contribution in [0.1, 0.15) is 33.1 Å². The van der Waals surface area contributed by atoms with Gasteiger partial charge in [0.05, 0.1) is 0 Å². The maximum atomic E-state index is 11.1. The molecular weight excluding hydrogens is 138 g/mol. The van der Waals surface area contributed by atoms with Crippen molar-refractivity contribution in [1.82, 2.24) is 5.32 Å². The van der Waals surface area contributed by atoms with Crippen LogP contribution in [0.3, 0.4) is 0 Å². The highest BCUT2D eigenvalue weighted by atomic mass is 16.1. The number of carbonyl (C=O) groups is 1. The lowest BCUT2D eigenvalue weighted by Crippen LogP contribution is -2.28. The van der Waals surface area contributed by atoms with Crippen LogP contribution in [0.4, 0.5) is 0 Å². The topological polar surface area (TPSA) is 29.1 Å². The maximum Gasteiger partial charge on any atom is 0.244 e. The molecule has 2 nitrogen and oxygen atoms in total. The van der Waals surface area contributed by atoms with Crippen LogP contribution in [0.15, 0.2) is 11.6 Å². The van der Waals surface area contributed by atoms with Gasteiger partial charge in [-0.1, -0.05) is 5.57 Å². The number of amides is 1. The number of nitrogens with one attached hydrogen (secondary N) is 1. The predicted octanol–water partition coefficient (Wildman–Crippen LogP) is 1.62. The zero-order valence-electron chi connectivity index (χ0n) is 7.18. The summed E-state index contributed by atoms with van der Waals surface area (Å²) in [6.45, 7) is 3.94. The van der Waals surface area contributed by atoms with Gasteiger partial charge in [-0.05, 0) is 33.1 Å². The first kappa shape index (κ1) is 8.31. The fourth-order valence-corrected chi connectivity index (χ4v) is 1.04. The summed E-state index contributed by atoms with van der Waals surface area (Å²) in [7, 11) is 0. The van der Waals surface area contributed by atoms with E-state index in [9.17, 15) is 4.79 Å². The summed E-state index contributed by atoms with van der Waals surface area (Å²) in [6.07, 6.45) is 5.22. The maximum absolute atomic E-state index is 11.1. The molecular formula is C9H15NO. The van der Waals surface area contributed by atoms with Gasteiger partial charge in [0, 0.05) is 12.1 Å². The van der Waals surface area contributed by atoms with Crippen LogP contribution in [0, 0.1) is 0 Å². The van der Waals surface area contributed by atoms with Crippen molar-refractivity contribution in [3.05, 3.63) is 11.6 Å². The van der Waals surface area contributed by atoms with Crippen LogP contribution in [0.25, 0.3) is 0 Å². The van der Waals surface area contributed by atoms with Crippen molar-refractivity contribution in [2.75, 3.05) is 0 Å². The molecule has 1 amide bonds. The van der Waals surface area contributed by atoms with Crippen molar-refractivity contribution < 1.29 is 4.79 Å². The third kappa shape index (κ3) is 2.74. The quantitative estimate of drug-likeness (QED) is 0.600. The molecule has 1 N–H and O–H groups in total. The van der Waals surface area contributed by atoms with E-state index < -0.39 is 0 Å². The van der Waals surface area contributed by atoms with Crippen molar-refractivity contribution in [2.24, 2.45) is 0 Å². The Morgan fingerprint density at radius 1 is 1.55 bits per heavy atom. The van der Waals surface area contributed by atoms with Crippen molar-refractivity contribution in [3.63, 3.8) is 0 Å². The van der Waals surface area contributed by atoms with Crippen molar-refractivity contribution in [1.29, 1.82) is 0 Å². The molecule has 0 saturated heterocycles. The molecule has 1 fully saturated rings. The molecule has 62 valence electrons. The van der Waals surface area contributed by atoms with Crippen LogP contribution in [0.2, 0.25) is 0 Å². The fourth-order valence-electron chi connectivity index (χ4n) is 1.04. The summed E-state index contributed by atoms with van der Waals surface area (Å²) in [5.74, 6) is 0.0645. The Hall–Kier alpha value is -0.790. The minimum Gasteiger partial charge on any atom is -0.350 e. The molecule has 0 spiro atoms. The predicted molar refractivity (Wildman–Crippen MR) is 45.2 cm³/mol. The van der Waals surface area contributed by atoms with Gasteiger partial charge >= 0.3 is 0 Å². The SMILES string of the molecule is CC(C)NC(=O)C=C1CCC1. The lowest BCUT2D eigenvalue weighted by molar-refractivity contribution is -0.117. The van der Waals surface area contributed by atoms with Crippen LogP contribution < -0.4 is 5.32 Å². The lowest BCUT2D eigenvalue weighted by atomic mass is 9.92. The molecule has 0 radical (unpaired) electrons. The van der Waals surface area contributed by atoms with E-state index in [1.165, 1.54) is 12.0 Å². The van der Waals surface area contributed by atoms with Crippen LogP contribution in [-0.4, -0.2) is 11.9 Å². The molecule has 0 aromatic carbocycles. The average molecular weight is 153 g/mol. The van der Waals surface area contributed by atoms with Gasteiger partial charge in [-0.25, -0.2) is 0 Å². The highest BCUT2D eigenvalue weighted by Crippen LogP contribution is 2.24. The molecule has 1 aliphatic rings. The van der Waals surface area contributed by atoms with E-state index >= 15 is 0 Å². The van der Waals surface area contributed by atoms with Crippen LogP contribution >= 0.6 is 0 Å². The van der Waals surface area contributed by atoms with Gasteiger partial charge in [0.25, 0.3) is 0 Å². The first-order chi connectivity index (χ1) is 5.18. The summed E-state index contributed by atoms with van der Waals surface area (Å²) >= 11 is 0. The van der Waals surface area contributed by atoms with E-state index in [4.69, 9.17) is 0 Å².